The average molecular weight is 299 g/mol. The number of hydrazine groups is 1. The Hall–Kier alpha value is -1.20. The first kappa shape index (κ1) is 14.2. The molecule has 104 valence electrons. The van der Waals surface area contributed by atoms with Gasteiger partial charge in [-0.15, -0.1) is 0 Å². The van der Waals surface area contributed by atoms with E-state index in [2.05, 4.69) is 11.5 Å². The lowest BCUT2D eigenvalue weighted by Crippen LogP contribution is -2.40. The van der Waals surface area contributed by atoms with Crippen LogP contribution in [0.3, 0.4) is 0 Å². The van der Waals surface area contributed by atoms with Crippen molar-refractivity contribution in [3.63, 3.8) is 0 Å². The van der Waals surface area contributed by atoms with E-state index in [-0.39, 0.29) is 5.11 Å². The average Bonchev–Trinajstić information content (AvgIpc) is 2.38. The summed E-state index contributed by atoms with van der Waals surface area (Å²) in [7, 11) is 0. The molecule has 0 saturated carbocycles. The summed E-state index contributed by atoms with van der Waals surface area (Å²) < 4.78 is 0. The first-order valence-electron chi connectivity index (χ1n) is 6.50. The summed E-state index contributed by atoms with van der Waals surface area (Å²) in [6.07, 6.45) is 14.1. The number of rotatable bonds is 4. The molecule has 1 heterocycles. The van der Waals surface area contributed by atoms with Crippen LogP contribution in [-0.2, 0) is 0 Å². The van der Waals surface area contributed by atoms with Gasteiger partial charge in [0.25, 0.3) is 0 Å². The number of hydrogen-bond acceptors (Lipinski definition) is 3. The van der Waals surface area contributed by atoms with Crippen molar-refractivity contribution < 1.29 is 0 Å². The molecule has 0 fully saturated rings. The maximum absolute atomic E-state index is 6.23. The van der Waals surface area contributed by atoms with E-state index in [0.29, 0.717) is 5.16 Å². The highest BCUT2D eigenvalue weighted by molar-refractivity contribution is 7.80. The zero-order valence-corrected chi connectivity index (χ0v) is 12.4. The second-order valence-electron chi connectivity index (χ2n) is 4.68. The minimum atomic E-state index is 0.214. The van der Waals surface area contributed by atoms with E-state index in [9.17, 15) is 0 Å². The number of nitrogens with two attached hydrogens (primary N) is 1. The second-order valence-corrected chi connectivity index (χ2v) is 5.51. The largest absolute Gasteiger partial charge is 0.375 e. The topological polar surface area (TPSA) is 44.5 Å². The van der Waals surface area contributed by atoms with E-state index in [4.69, 9.17) is 29.6 Å². The van der Waals surface area contributed by atoms with Gasteiger partial charge in [-0.25, -0.2) is 0 Å². The maximum Gasteiger partial charge on any atom is 0.183 e. The van der Waals surface area contributed by atoms with Crippen molar-refractivity contribution in [2.45, 2.75) is 32.1 Å². The molecule has 6 heteroatoms. The highest BCUT2D eigenvalue weighted by Crippen LogP contribution is 2.23. The van der Waals surface area contributed by atoms with Gasteiger partial charge >= 0.3 is 0 Å². The van der Waals surface area contributed by atoms with Gasteiger partial charge in [-0.1, -0.05) is 23.3 Å². The van der Waals surface area contributed by atoms with Gasteiger partial charge in [0.1, 0.15) is 5.16 Å². The molecule has 0 atom stereocenters. The molecule has 19 heavy (non-hydrogen) atoms. The molecule has 2 aliphatic rings. The quantitative estimate of drug-likeness (QED) is 0.475. The van der Waals surface area contributed by atoms with Crippen LogP contribution in [0, 0.1) is 0 Å². The summed E-state index contributed by atoms with van der Waals surface area (Å²) >= 11 is 11.0. The summed E-state index contributed by atoms with van der Waals surface area (Å²) in [6.45, 7) is 0.901. The van der Waals surface area contributed by atoms with Crippen LogP contribution in [0.2, 0.25) is 0 Å². The smallest absolute Gasteiger partial charge is 0.183 e. The van der Waals surface area contributed by atoms with Crippen molar-refractivity contribution in [3.05, 3.63) is 35.4 Å². The fourth-order valence-electron chi connectivity index (χ4n) is 2.23. The third-order valence-corrected chi connectivity index (χ3v) is 3.63. The monoisotopic (exact) mass is 298 g/mol. The molecule has 0 aromatic heterocycles. The first-order valence-corrected chi connectivity index (χ1v) is 7.28. The Balaban J connectivity index is 1.84. The summed E-state index contributed by atoms with van der Waals surface area (Å²) in [5.74, 6) is 0. The van der Waals surface area contributed by atoms with Gasteiger partial charge in [-0.3, -0.25) is 10.4 Å². The molecule has 1 aliphatic heterocycles. The molecular formula is C13H19ClN4S. The minimum Gasteiger partial charge on any atom is -0.375 e. The van der Waals surface area contributed by atoms with E-state index in [1.807, 2.05) is 17.3 Å². The zero-order chi connectivity index (χ0) is 13.7. The molecule has 0 bridgehead atoms. The zero-order valence-electron chi connectivity index (χ0n) is 10.8. The van der Waals surface area contributed by atoms with Crippen molar-refractivity contribution in [2.75, 3.05) is 6.54 Å². The number of allylic oxidation sites excluding steroid dienone is 1. The Bertz CT molecular complexity index is 430. The third-order valence-electron chi connectivity index (χ3n) is 3.23. The molecule has 2 rings (SSSR count). The number of nitrogens with one attached hydrogen (secondary N) is 1. The van der Waals surface area contributed by atoms with Gasteiger partial charge in [0, 0.05) is 18.9 Å². The third kappa shape index (κ3) is 4.44. The number of nitrogens with zero attached hydrogens (tertiary/aromatic N) is 2. The fraction of sp³-hybridized carbons (Fsp3) is 0.462. The maximum atomic E-state index is 6.23. The van der Waals surface area contributed by atoms with Gasteiger partial charge in [-0.05, 0) is 44.3 Å². The standard InChI is InChI=1S/C13H19ClN4S/c14-12-10-18(16-13(15)19)9-8-17(12)7-6-11-4-2-1-3-5-11/h4,8-10H,1-3,5-7H2,(H3,15,16,19). The predicted octanol–water partition coefficient (Wildman–Crippen LogP) is 2.75. The van der Waals surface area contributed by atoms with E-state index in [1.54, 1.807) is 16.8 Å². The van der Waals surface area contributed by atoms with Gasteiger partial charge in [0.15, 0.2) is 5.11 Å². The first-order chi connectivity index (χ1) is 9.15. The summed E-state index contributed by atoms with van der Waals surface area (Å²) in [5.41, 5.74) is 9.75. The van der Waals surface area contributed by atoms with Gasteiger partial charge < -0.3 is 10.6 Å². The van der Waals surface area contributed by atoms with Crippen LogP contribution in [0.15, 0.2) is 35.4 Å². The van der Waals surface area contributed by atoms with Crippen LogP contribution < -0.4 is 11.2 Å². The number of halogens is 1. The Morgan fingerprint density at radius 2 is 2.26 bits per heavy atom. The molecule has 0 spiro atoms. The molecule has 4 nitrogen and oxygen atoms in total. The van der Waals surface area contributed by atoms with Crippen LogP contribution in [0.1, 0.15) is 32.1 Å². The summed E-state index contributed by atoms with van der Waals surface area (Å²) in [5, 5.41) is 2.52. The van der Waals surface area contributed by atoms with Crippen LogP contribution in [0.25, 0.3) is 0 Å². The van der Waals surface area contributed by atoms with Crippen LogP contribution in [0.4, 0.5) is 0 Å². The molecule has 0 radical (unpaired) electrons. The summed E-state index contributed by atoms with van der Waals surface area (Å²) in [6, 6.07) is 0. The van der Waals surface area contributed by atoms with Crippen molar-refractivity contribution in [2.24, 2.45) is 5.73 Å². The Kier molecular flexibility index (Phi) is 5.10. The summed E-state index contributed by atoms with van der Waals surface area (Å²) in [4.78, 5) is 2.02. The van der Waals surface area contributed by atoms with Crippen molar-refractivity contribution in [1.82, 2.24) is 15.3 Å². The van der Waals surface area contributed by atoms with Crippen LogP contribution in [0.5, 0.6) is 0 Å². The van der Waals surface area contributed by atoms with Crippen LogP contribution >= 0.6 is 23.8 Å². The molecule has 0 aromatic carbocycles. The van der Waals surface area contributed by atoms with Crippen molar-refractivity contribution in [3.8, 4) is 0 Å². The number of thiocarbonyl (C=S) groups is 1. The van der Waals surface area contributed by atoms with Crippen molar-refractivity contribution >= 4 is 28.9 Å². The Morgan fingerprint density at radius 1 is 1.42 bits per heavy atom. The lowest BCUT2D eigenvalue weighted by Gasteiger charge is -2.28. The van der Waals surface area contributed by atoms with Crippen molar-refractivity contribution in [1.29, 1.82) is 0 Å². The Labute approximate surface area is 124 Å². The van der Waals surface area contributed by atoms with E-state index >= 15 is 0 Å². The SMILES string of the molecule is NC(=S)NN1C=CN(CCC2=CCCCC2)C(Cl)=C1. The van der Waals surface area contributed by atoms with E-state index < -0.39 is 0 Å². The minimum absolute atomic E-state index is 0.214. The molecule has 3 N–H and O–H groups in total. The van der Waals surface area contributed by atoms with E-state index in [0.717, 1.165) is 13.0 Å². The number of hydrogen-bond donors (Lipinski definition) is 2. The van der Waals surface area contributed by atoms with Gasteiger partial charge in [0.05, 0.1) is 6.20 Å². The second kappa shape index (κ2) is 6.82. The lowest BCUT2D eigenvalue weighted by atomic mass is 9.97. The molecule has 0 unspecified atom stereocenters. The van der Waals surface area contributed by atoms with Crippen LogP contribution in [-0.4, -0.2) is 21.6 Å². The molecule has 0 amide bonds. The predicted molar refractivity (Wildman–Crippen MR) is 82.7 cm³/mol. The Morgan fingerprint density at radius 3 is 2.89 bits per heavy atom. The molecular weight excluding hydrogens is 280 g/mol. The molecule has 0 aromatic rings. The highest BCUT2D eigenvalue weighted by atomic mass is 35.5. The molecule has 0 saturated heterocycles. The lowest BCUT2D eigenvalue weighted by molar-refractivity contribution is 0.386. The van der Waals surface area contributed by atoms with Gasteiger partial charge in [-0.2, -0.15) is 0 Å². The molecule has 1 aliphatic carbocycles. The van der Waals surface area contributed by atoms with Gasteiger partial charge in [0.2, 0.25) is 0 Å². The normalized spacial score (nSPS) is 19.0. The van der Waals surface area contributed by atoms with E-state index in [1.165, 1.54) is 25.7 Å². The fourth-order valence-corrected chi connectivity index (χ4v) is 2.58. The highest BCUT2D eigenvalue weighted by Gasteiger charge is 2.12.